The summed E-state index contributed by atoms with van der Waals surface area (Å²) in [4.78, 5) is 35.5. The summed E-state index contributed by atoms with van der Waals surface area (Å²) in [5, 5.41) is 28.4. The lowest BCUT2D eigenvalue weighted by molar-refractivity contribution is -0.147. The molecule has 1 unspecified atom stereocenters. The summed E-state index contributed by atoms with van der Waals surface area (Å²) in [6.45, 7) is 3.86. The van der Waals surface area contributed by atoms with Gasteiger partial charge in [-0.25, -0.2) is 14.6 Å². The molecule has 1 saturated heterocycles. The number of nitrogens with one attached hydrogen (secondary N) is 3. The highest BCUT2D eigenvalue weighted by molar-refractivity contribution is 5.94. The number of H-pyrrole nitrogens is 2. The second kappa shape index (κ2) is 9.41. The monoisotopic (exact) mass is 469 g/mol. The van der Waals surface area contributed by atoms with Crippen molar-refractivity contribution in [3.8, 4) is 11.5 Å². The number of carbonyl (C=O) groups is 2. The lowest BCUT2D eigenvalue weighted by Crippen LogP contribution is -2.44. The first-order valence-electron chi connectivity index (χ1n) is 11.3. The molecule has 2 amide bonds. The number of urea groups is 1. The molecule has 1 saturated carbocycles. The van der Waals surface area contributed by atoms with Crippen molar-refractivity contribution in [3.63, 3.8) is 0 Å². The summed E-state index contributed by atoms with van der Waals surface area (Å²) in [6.07, 6.45) is 1.38. The third kappa shape index (κ3) is 4.88. The predicted octanol–water partition coefficient (Wildman–Crippen LogP) is 1.23. The van der Waals surface area contributed by atoms with Crippen molar-refractivity contribution in [2.45, 2.75) is 31.5 Å². The van der Waals surface area contributed by atoms with Gasteiger partial charge in [0.2, 0.25) is 0 Å². The number of carboxylic acids is 1. The number of amides is 2. The van der Waals surface area contributed by atoms with E-state index in [2.05, 4.69) is 42.5 Å². The summed E-state index contributed by atoms with van der Waals surface area (Å²) in [5.74, 6) is -0.840. The molecule has 2 fully saturated rings. The van der Waals surface area contributed by atoms with E-state index in [4.69, 9.17) is 9.84 Å². The van der Waals surface area contributed by atoms with Gasteiger partial charge in [-0.1, -0.05) is 6.07 Å². The summed E-state index contributed by atoms with van der Waals surface area (Å²) >= 11 is 0. The molecule has 1 aliphatic carbocycles. The minimum Gasteiger partial charge on any atom is -0.479 e. The van der Waals surface area contributed by atoms with Crippen molar-refractivity contribution in [2.75, 3.05) is 38.2 Å². The molecular weight excluding hydrogens is 442 g/mol. The number of aliphatic hydroxyl groups is 1. The molecule has 5 rings (SSSR count). The number of rotatable bonds is 8. The number of imidazole rings is 1. The predicted molar refractivity (Wildman–Crippen MR) is 122 cm³/mol. The molecule has 5 N–H and O–H groups in total. The van der Waals surface area contributed by atoms with Gasteiger partial charge in [0.15, 0.2) is 11.9 Å². The molecule has 0 bridgehead atoms. The molecular formula is C22H27N7O5. The van der Waals surface area contributed by atoms with Gasteiger partial charge in [0.1, 0.15) is 5.69 Å². The summed E-state index contributed by atoms with van der Waals surface area (Å²) in [5.41, 5.74) is 3.75. The molecule has 2 aromatic heterocycles. The number of carboxylic acid groups (broad SMARTS) is 1. The Morgan fingerprint density at radius 3 is 2.82 bits per heavy atom. The van der Waals surface area contributed by atoms with Crippen molar-refractivity contribution >= 4 is 28.7 Å². The van der Waals surface area contributed by atoms with Crippen molar-refractivity contribution in [1.29, 1.82) is 0 Å². The molecule has 1 aromatic carbocycles. The average Bonchev–Trinajstić information content (AvgIpc) is 3.41. The lowest BCUT2D eigenvalue weighted by atomic mass is 10.2. The van der Waals surface area contributed by atoms with Crippen LogP contribution < -0.4 is 5.32 Å². The maximum Gasteiger partial charge on any atom is 0.334 e. The number of morpholine rings is 1. The minimum absolute atomic E-state index is 0.0829. The van der Waals surface area contributed by atoms with Gasteiger partial charge in [-0.3, -0.25) is 10.00 Å². The molecule has 3 heterocycles. The molecule has 180 valence electrons. The Morgan fingerprint density at radius 1 is 1.29 bits per heavy atom. The van der Waals surface area contributed by atoms with Crippen molar-refractivity contribution < 1.29 is 24.5 Å². The van der Waals surface area contributed by atoms with Gasteiger partial charge in [0, 0.05) is 25.7 Å². The van der Waals surface area contributed by atoms with Gasteiger partial charge in [-0.2, -0.15) is 5.10 Å². The highest BCUT2D eigenvalue weighted by Crippen LogP contribution is 2.30. The normalized spacial score (nSPS) is 17.6. The molecule has 3 aromatic rings. The van der Waals surface area contributed by atoms with Gasteiger partial charge in [0.05, 0.1) is 42.7 Å². The number of aliphatic hydroxyl groups excluding tert-OH is 1. The number of benzene rings is 1. The number of hydrogen-bond acceptors (Lipinski definition) is 7. The number of aromatic nitrogens is 4. The molecule has 1 atom stereocenters. The first-order chi connectivity index (χ1) is 16.5. The van der Waals surface area contributed by atoms with E-state index in [9.17, 15) is 14.7 Å². The minimum atomic E-state index is -1.64. The summed E-state index contributed by atoms with van der Waals surface area (Å²) < 4.78 is 5.41. The van der Waals surface area contributed by atoms with Crippen LogP contribution in [0.4, 0.5) is 10.5 Å². The number of fused-ring (bicyclic) bond motifs is 1. The quantitative estimate of drug-likeness (QED) is 0.329. The highest BCUT2D eigenvalue weighted by Gasteiger charge is 2.35. The number of carbonyl (C=O) groups excluding carboxylic acids is 1. The van der Waals surface area contributed by atoms with E-state index >= 15 is 0 Å². The van der Waals surface area contributed by atoms with Crippen molar-refractivity contribution in [1.82, 2.24) is 30.0 Å². The van der Waals surface area contributed by atoms with Crippen LogP contribution >= 0.6 is 0 Å². The van der Waals surface area contributed by atoms with E-state index in [1.807, 2.05) is 6.07 Å². The number of ether oxygens (including phenoxy) is 1. The topological polar surface area (TPSA) is 160 Å². The van der Waals surface area contributed by atoms with E-state index in [0.717, 1.165) is 56.7 Å². The Balaban J connectivity index is 1.32. The molecule has 1 aliphatic heterocycles. The van der Waals surface area contributed by atoms with Crippen LogP contribution in [0.15, 0.2) is 24.4 Å². The van der Waals surface area contributed by atoms with Gasteiger partial charge < -0.3 is 30.2 Å². The summed E-state index contributed by atoms with van der Waals surface area (Å²) in [6, 6.07) is 5.51. The highest BCUT2D eigenvalue weighted by atomic mass is 16.5. The van der Waals surface area contributed by atoms with Gasteiger partial charge in [0.25, 0.3) is 0 Å². The Kier molecular flexibility index (Phi) is 6.18. The van der Waals surface area contributed by atoms with Crippen LogP contribution in [-0.4, -0.2) is 97.2 Å². The third-order valence-electron chi connectivity index (χ3n) is 6.08. The molecule has 0 spiro atoms. The second-order valence-corrected chi connectivity index (χ2v) is 8.65. The first kappa shape index (κ1) is 22.3. The first-order valence-corrected chi connectivity index (χ1v) is 11.3. The lowest BCUT2D eigenvalue weighted by Gasteiger charge is -2.26. The smallest absolute Gasteiger partial charge is 0.334 e. The zero-order valence-electron chi connectivity index (χ0n) is 18.5. The maximum atomic E-state index is 12.9. The van der Waals surface area contributed by atoms with Crippen LogP contribution in [0.5, 0.6) is 0 Å². The standard InChI is InChI=1S/C22H27N7O5/c30-18(21(31)32)12-29(14-2-3-14)22(33)26-17-10-23-27-19(17)20-24-15-4-1-13(9-16(15)25-20)11-28-5-7-34-8-6-28/h1,4,9-10,14,18,30H,2-3,5-8,11-12H2,(H,23,27)(H,24,25)(H,26,33)(H,31,32). The Hall–Kier alpha value is -3.48. The third-order valence-corrected chi connectivity index (χ3v) is 6.08. The molecule has 12 heteroatoms. The Labute approximate surface area is 194 Å². The van der Waals surface area contributed by atoms with E-state index in [0.29, 0.717) is 17.2 Å². The molecule has 0 radical (unpaired) electrons. The molecule has 2 aliphatic rings. The number of hydrogen-bond donors (Lipinski definition) is 5. The largest absolute Gasteiger partial charge is 0.479 e. The molecule has 12 nitrogen and oxygen atoms in total. The van der Waals surface area contributed by atoms with Crippen LogP contribution in [0, 0.1) is 0 Å². The number of anilines is 1. The van der Waals surface area contributed by atoms with E-state index < -0.39 is 18.1 Å². The number of aromatic amines is 2. The van der Waals surface area contributed by atoms with Crippen LogP contribution in [0.2, 0.25) is 0 Å². The second-order valence-electron chi connectivity index (χ2n) is 8.65. The fraction of sp³-hybridized carbons (Fsp3) is 0.455. The average molecular weight is 470 g/mol. The SMILES string of the molecule is O=C(O)C(O)CN(C(=O)Nc1cn[nH]c1-c1nc2ccc(CN3CCOCC3)cc2[nH]1)C1CC1. The van der Waals surface area contributed by atoms with Gasteiger partial charge >= 0.3 is 12.0 Å². The number of aliphatic carboxylic acids is 1. The summed E-state index contributed by atoms with van der Waals surface area (Å²) in [7, 11) is 0. The molecule has 34 heavy (non-hydrogen) atoms. The van der Waals surface area contributed by atoms with E-state index in [1.165, 1.54) is 16.7 Å². The van der Waals surface area contributed by atoms with Crippen molar-refractivity contribution in [3.05, 3.63) is 30.0 Å². The zero-order valence-corrected chi connectivity index (χ0v) is 18.5. The Bertz CT molecular complexity index is 1180. The Morgan fingerprint density at radius 2 is 2.09 bits per heavy atom. The van der Waals surface area contributed by atoms with Crippen LogP contribution in [-0.2, 0) is 16.1 Å². The van der Waals surface area contributed by atoms with Crippen LogP contribution in [0.1, 0.15) is 18.4 Å². The van der Waals surface area contributed by atoms with Gasteiger partial charge in [-0.05, 0) is 30.5 Å². The van der Waals surface area contributed by atoms with E-state index in [1.54, 1.807) is 0 Å². The zero-order chi connectivity index (χ0) is 23.7. The van der Waals surface area contributed by atoms with Crippen LogP contribution in [0.25, 0.3) is 22.6 Å². The maximum absolute atomic E-state index is 12.9. The fourth-order valence-electron chi connectivity index (χ4n) is 4.09. The van der Waals surface area contributed by atoms with Crippen molar-refractivity contribution in [2.24, 2.45) is 0 Å². The fourth-order valence-corrected chi connectivity index (χ4v) is 4.09. The van der Waals surface area contributed by atoms with E-state index in [-0.39, 0.29) is 12.6 Å². The van der Waals surface area contributed by atoms with Gasteiger partial charge in [-0.15, -0.1) is 0 Å². The number of nitrogens with zero attached hydrogens (tertiary/aromatic N) is 4. The van der Waals surface area contributed by atoms with Crippen LogP contribution in [0.3, 0.4) is 0 Å².